The van der Waals surface area contributed by atoms with Gasteiger partial charge in [-0.15, -0.1) is 0 Å². The topological polar surface area (TPSA) is 71.0 Å². The van der Waals surface area contributed by atoms with E-state index in [1.165, 1.54) is 0 Å². The van der Waals surface area contributed by atoms with Gasteiger partial charge in [0.05, 0.1) is 6.61 Å². The van der Waals surface area contributed by atoms with Crippen LogP contribution in [0.1, 0.15) is 39.7 Å². The van der Waals surface area contributed by atoms with Gasteiger partial charge in [-0.25, -0.2) is 4.98 Å². The number of aromatic nitrogens is 1. The van der Waals surface area contributed by atoms with Gasteiger partial charge in [0, 0.05) is 58.1 Å². The Balaban J connectivity index is 2.31. The van der Waals surface area contributed by atoms with Crippen LogP contribution in [-0.2, 0) is 11.3 Å². The SMILES string of the molecule is CN=C(NCCCN(C(C)C)C(C)C)NCc1ccc(OCCOC)nc1. The molecule has 0 bridgehead atoms. The van der Waals surface area contributed by atoms with E-state index in [0.717, 1.165) is 31.0 Å². The van der Waals surface area contributed by atoms with Gasteiger partial charge in [0.1, 0.15) is 6.61 Å². The van der Waals surface area contributed by atoms with E-state index in [1.807, 2.05) is 18.3 Å². The summed E-state index contributed by atoms with van der Waals surface area (Å²) in [6, 6.07) is 5.00. The molecule has 0 aromatic carbocycles. The summed E-state index contributed by atoms with van der Waals surface area (Å²) in [7, 11) is 3.44. The van der Waals surface area contributed by atoms with Crippen molar-refractivity contribution in [3.8, 4) is 5.88 Å². The zero-order valence-corrected chi connectivity index (χ0v) is 17.8. The van der Waals surface area contributed by atoms with E-state index in [1.54, 1.807) is 14.2 Å². The summed E-state index contributed by atoms with van der Waals surface area (Å²) in [6.45, 7) is 12.7. The monoisotopic (exact) mass is 379 g/mol. The van der Waals surface area contributed by atoms with Gasteiger partial charge in [-0.1, -0.05) is 6.07 Å². The quantitative estimate of drug-likeness (QED) is 0.330. The molecule has 0 aliphatic heterocycles. The standard InChI is InChI=1S/C20H37N5O2/c1-16(2)25(17(3)4)11-7-10-22-20(21-5)24-15-18-8-9-19(23-14-18)27-13-12-26-6/h8-9,14,16-17H,7,10-13,15H2,1-6H3,(H2,21,22,24). The molecule has 1 heterocycles. The minimum atomic E-state index is 0.503. The minimum absolute atomic E-state index is 0.503. The normalized spacial score (nSPS) is 12.1. The Morgan fingerprint density at radius 2 is 1.89 bits per heavy atom. The van der Waals surface area contributed by atoms with E-state index >= 15 is 0 Å². The first-order valence-corrected chi connectivity index (χ1v) is 9.74. The molecule has 0 amide bonds. The van der Waals surface area contributed by atoms with E-state index < -0.39 is 0 Å². The van der Waals surface area contributed by atoms with E-state index in [2.05, 4.69) is 53.2 Å². The number of hydrogen-bond acceptors (Lipinski definition) is 5. The molecule has 0 radical (unpaired) electrons. The fourth-order valence-electron chi connectivity index (χ4n) is 2.82. The molecule has 0 aliphatic rings. The third-order valence-electron chi connectivity index (χ3n) is 4.23. The van der Waals surface area contributed by atoms with Crippen LogP contribution in [0.3, 0.4) is 0 Å². The zero-order chi connectivity index (χ0) is 20.1. The number of methoxy groups -OCH3 is 1. The Morgan fingerprint density at radius 3 is 2.44 bits per heavy atom. The molecular formula is C20H37N5O2. The van der Waals surface area contributed by atoms with Gasteiger partial charge in [-0.3, -0.25) is 9.89 Å². The molecule has 1 rings (SSSR count). The van der Waals surface area contributed by atoms with E-state index in [9.17, 15) is 0 Å². The number of nitrogens with zero attached hydrogens (tertiary/aromatic N) is 3. The van der Waals surface area contributed by atoms with Crippen molar-refractivity contribution in [1.29, 1.82) is 0 Å². The fraction of sp³-hybridized carbons (Fsp3) is 0.700. The number of pyridine rings is 1. The number of rotatable bonds is 12. The molecule has 154 valence electrons. The van der Waals surface area contributed by atoms with Gasteiger partial charge in [-0.05, 0) is 39.7 Å². The van der Waals surface area contributed by atoms with E-state index in [0.29, 0.717) is 37.7 Å². The molecule has 0 unspecified atom stereocenters. The summed E-state index contributed by atoms with van der Waals surface area (Å²) in [5.74, 6) is 1.41. The molecule has 0 saturated carbocycles. The van der Waals surface area contributed by atoms with Crippen molar-refractivity contribution in [3.63, 3.8) is 0 Å². The van der Waals surface area contributed by atoms with Gasteiger partial charge in [-0.2, -0.15) is 0 Å². The van der Waals surface area contributed by atoms with Crippen molar-refractivity contribution in [2.45, 2.75) is 52.7 Å². The van der Waals surface area contributed by atoms with Crippen molar-refractivity contribution in [1.82, 2.24) is 20.5 Å². The average molecular weight is 380 g/mol. The lowest BCUT2D eigenvalue weighted by Crippen LogP contribution is -2.41. The van der Waals surface area contributed by atoms with E-state index in [-0.39, 0.29) is 0 Å². The predicted molar refractivity (Wildman–Crippen MR) is 111 cm³/mol. The number of nitrogens with one attached hydrogen (secondary N) is 2. The van der Waals surface area contributed by atoms with Gasteiger partial charge in [0.25, 0.3) is 0 Å². The molecule has 27 heavy (non-hydrogen) atoms. The summed E-state index contributed by atoms with van der Waals surface area (Å²) >= 11 is 0. The van der Waals surface area contributed by atoms with Crippen molar-refractivity contribution < 1.29 is 9.47 Å². The molecule has 2 N–H and O–H groups in total. The predicted octanol–water partition coefficient (Wildman–Crippen LogP) is 2.28. The molecule has 1 aromatic heterocycles. The summed E-state index contributed by atoms with van der Waals surface area (Å²) in [5, 5.41) is 6.69. The van der Waals surface area contributed by atoms with Crippen molar-refractivity contribution in [2.75, 3.05) is 40.5 Å². The third-order valence-corrected chi connectivity index (χ3v) is 4.23. The van der Waals surface area contributed by atoms with Crippen LogP contribution in [-0.4, -0.2) is 68.4 Å². The van der Waals surface area contributed by atoms with Crippen LogP contribution >= 0.6 is 0 Å². The summed E-state index contributed by atoms with van der Waals surface area (Å²) in [4.78, 5) is 11.1. The number of guanidine groups is 1. The Labute approximate surface area is 164 Å². The molecule has 0 aliphatic carbocycles. The second-order valence-corrected chi connectivity index (χ2v) is 6.98. The first kappa shape index (κ1) is 23.2. The van der Waals surface area contributed by atoms with Crippen LogP contribution < -0.4 is 15.4 Å². The summed E-state index contributed by atoms with van der Waals surface area (Å²) in [6.07, 6.45) is 2.89. The first-order valence-electron chi connectivity index (χ1n) is 9.74. The lowest BCUT2D eigenvalue weighted by molar-refractivity contribution is 0.143. The maximum Gasteiger partial charge on any atom is 0.213 e. The molecule has 0 fully saturated rings. The van der Waals surface area contributed by atoms with Gasteiger partial charge < -0.3 is 20.1 Å². The number of ether oxygens (including phenoxy) is 2. The van der Waals surface area contributed by atoms with Crippen LogP contribution in [0.2, 0.25) is 0 Å². The maximum atomic E-state index is 5.47. The molecule has 0 atom stereocenters. The number of aliphatic imine (C=N–C) groups is 1. The zero-order valence-electron chi connectivity index (χ0n) is 17.8. The Morgan fingerprint density at radius 1 is 1.15 bits per heavy atom. The van der Waals surface area contributed by atoms with E-state index in [4.69, 9.17) is 9.47 Å². The minimum Gasteiger partial charge on any atom is -0.475 e. The largest absolute Gasteiger partial charge is 0.475 e. The van der Waals surface area contributed by atoms with Crippen molar-refractivity contribution in [2.24, 2.45) is 4.99 Å². The van der Waals surface area contributed by atoms with Gasteiger partial charge in [0.15, 0.2) is 5.96 Å². The van der Waals surface area contributed by atoms with Crippen molar-refractivity contribution >= 4 is 5.96 Å². The Kier molecular flexibility index (Phi) is 11.4. The van der Waals surface area contributed by atoms with Crippen LogP contribution in [0.25, 0.3) is 0 Å². The first-order chi connectivity index (χ1) is 13.0. The molecule has 1 aromatic rings. The second kappa shape index (κ2) is 13.3. The summed E-state index contributed by atoms with van der Waals surface area (Å²) < 4.78 is 10.4. The fourth-order valence-corrected chi connectivity index (χ4v) is 2.82. The van der Waals surface area contributed by atoms with Crippen LogP contribution in [0.5, 0.6) is 5.88 Å². The second-order valence-electron chi connectivity index (χ2n) is 6.98. The van der Waals surface area contributed by atoms with Gasteiger partial charge in [0.2, 0.25) is 5.88 Å². The highest BCUT2D eigenvalue weighted by Gasteiger charge is 2.12. The summed E-state index contributed by atoms with van der Waals surface area (Å²) in [5.41, 5.74) is 1.07. The highest BCUT2D eigenvalue weighted by Crippen LogP contribution is 2.07. The lowest BCUT2D eigenvalue weighted by Gasteiger charge is -2.30. The van der Waals surface area contributed by atoms with Crippen LogP contribution in [0.4, 0.5) is 0 Å². The molecular weight excluding hydrogens is 342 g/mol. The molecule has 0 saturated heterocycles. The van der Waals surface area contributed by atoms with Crippen LogP contribution in [0.15, 0.2) is 23.3 Å². The Hall–Kier alpha value is -1.86. The highest BCUT2D eigenvalue weighted by molar-refractivity contribution is 5.79. The van der Waals surface area contributed by atoms with Gasteiger partial charge >= 0.3 is 0 Å². The molecule has 0 spiro atoms. The number of hydrogen-bond donors (Lipinski definition) is 2. The van der Waals surface area contributed by atoms with Crippen molar-refractivity contribution in [3.05, 3.63) is 23.9 Å². The highest BCUT2D eigenvalue weighted by atomic mass is 16.5. The lowest BCUT2D eigenvalue weighted by atomic mass is 10.2. The average Bonchev–Trinajstić information content (AvgIpc) is 2.64. The Bertz CT molecular complexity index is 524. The maximum absolute atomic E-state index is 5.47. The smallest absolute Gasteiger partial charge is 0.213 e. The van der Waals surface area contributed by atoms with Crippen LogP contribution in [0, 0.1) is 0 Å². The third kappa shape index (κ3) is 9.58. The molecule has 7 heteroatoms. The molecule has 7 nitrogen and oxygen atoms in total.